The van der Waals surface area contributed by atoms with Crippen LogP contribution in [-0.2, 0) is 5.75 Å². The molecule has 0 amide bonds. The monoisotopic (exact) mass is 280 g/mol. The first-order valence-corrected chi connectivity index (χ1v) is 6.72. The van der Waals surface area contributed by atoms with Gasteiger partial charge < -0.3 is 10.5 Å². The van der Waals surface area contributed by atoms with E-state index in [1.165, 1.54) is 0 Å². The Labute approximate surface area is 115 Å². The van der Waals surface area contributed by atoms with E-state index in [2.05, 4.69) is 4.98 Å². The first kappa shape index (κ1) is 13.1. The first-order chi connectivity index (χ1) is 8.69. The molecule has 94 valence electrons. The van der Waals surface area contributed by atoms with E-state index < -0.39 is 0 Å². The quantitative estimate of drug-likeness (QED) is 0.869. The first-order valence-electron chi connectivity index (χ1n) is 5.36. The summed E-state index contributed by atoms with van der Waals surface area (Å²) in [5.74, 6) is 2.14. The van der Waals surface area contributed by atoms with E-state index in [0.29, 0.717) is 10.8 Å². The molecule has 1 heterocycles. The van der Waals surface area contributed by atoms with Gasteiger partial charge in [-0.05, 0) is 30.3 Å². The van der Waals surface area contributed by atoms with Gasteiger partial charge in [-0.3, -0.25) is 0 Å². The topological polar surface area (TPSA) is 48.1 Å². The molecule has 0 aliphatic carbocycles. The highest BCUT2D eigenvalue weighted by Gasteiger charge is 2.05. The van der Waals surface area contributed by atoms with E-state index in [1.54, 1.807) is 31.1 Å². The Morgan fingerprint density at radius 1 is 1.33 bits per heavy atom. The Morgan fingerprint density at radius 2 is 2.17 bits per heavy atom. The van der Waals surface area contributed by atoms with E-state index in [9.17, 15) is 0 Å². The second-order valence-electron chi connectivity index (χ2n) is 3.66. The second kappa shape index (κ2) is 5.98. The van der Waals surface area contributed by atoms with Crippen molar-refractivity contribution < 1.29 is 4.74 Å². The largest absolute Gasteiger partial charge is 0.496 e. The number of hydrogen-bond donors (Lipinski definition) is 1. The number of benzene rings is 1. The number of hydrogen-bond acceptors (Lipinski definition) is 4. The van der Waals surface area contributed by atoms with Gasteiger partial charge in [0.05, 0.1) is 7.11 Å². The van der Waals surface area contributed by atoms with Crippen LogP contribution >= 0.6 is 23.4 Å². The summed E-state index contributed by atoms with van der Waals surface area (Å²) in [4.78, 5) is 5.11. The zero-order chi connectivity index (χ0) is 13.0. The number of pyridine rings is 1. The predicted molar refractivity (Wildman–Crippen MR) is 76.2 cm³/mol. The minimum Gasteiger partial charge on any atom is -0.496 e. The fraction of sp³-hybridized carbons (Fsp3) is 0.154. The molecule has 0 atom stereocenters. The fourth-order valence-corrected chi connectivity index (χ4v) is 2.53. The molecule has 2 rings (SSSR count). The van der Waals surface area contributed by atoms with Crippen LogP contribution in [0.3, 0.4) is 0 Å². The standard InChI is InChI=1S/C13H13ClN2OS/c1-17-12-4-2-10(14)6-9(12)8-18-11-3-5-13(15)16-7-11/h2-7H,8H2,1H3,(H2,15,16). The minimum atomic E-state index is 0.527. The summed E-state index contributed by atoms with van der Waals surface area (Å²) >= 11 is 7.65. The van der Waals surface area contributed by atoms with Crippen LogP contribution in [0.4, 0.5) is 5.82 Å². The highest BCUT2D eigenvalue weighted by atomic mass is 35.5. The molecule has 0 saturated heterocycles. The summed E-state index contributed by atoms with van der Waals surface area (Å²) in [6, 6.07) is 9.35. The van der Waals surface area contributed by atoms with E-state index in [-0.39, 0.29) is 0 Å². The summed E-state index contributed by atoms with van der Waals surface area (Å²) in [7, 11) is 1.65. The maximum Gasteiger partial charge on any atom is 0.123 e. The molecule has 2 aromatic rings. The SMILES string of the molecule is COc1ccc(Cl)cc1CSc1ccc(N)nc1. The van der Waals surface area contributed by atoms with Gasteiger partial charge in [0.25, 0.3) is 0 Å². The predicted octanol–water partition coefficient (Wildman–Crippen LogP) is 3.62. The summed E-state index contributed by atoms with van der Waals surface area (Å²) in [5, 5.41) is 0.710. The lowest BCUT2D eigenvalue weighted by atomic mass is 10.2. The van der Waals surface area contributed by atoms with E-state index in [4.69, 9.17) is 22.1 Å². The Morgan fingerprint density at radius 3 is 2.83 bits per heavy atom. The molecular formula is C13H13ClN2OS. The summed E-state index contributed by atoms with van der Waals surface area (Å²) in [5.41, 5.74) is 6.60. The summed E-state index contributed by atoms with van der Waals surface area (Å²) in [6.07, 6.45) is 1.76. The maximum absolute atomic E-state index is 5.98. The van der Waals surface area contributed by atoms with E-state index >= 15 is 0 Å². The van der Waals surface area contributed by atoms with Gasteiger partial charge in [-0.25, -0.2) is 4.98 Å². The number of methoxy groups -OCH3 is 1. The highest BCUT2D eigenvalue weighted by molar-refractivity contribution is 7.98. The van der Waals surface area contributed by atoms with Gasteiger partial charge >= 0.3 is 0 Å². The minimum absolute atomic E-state index is 0.527. The molecule has 1 aromatic heterocycles. The zero-order valence-electron chi connectivity index (χ0n) is 9.89. The number of thioether (sulfide) groups is 1. The van der Waals surface area contributed by atoms with Crippen molar-refractivity contribution in [3.8, 4) is 5.75 Å². The molecule has 0 bridgehead atoms. The molecule has 0 aliphatic rings. The molecule has 1 aromatic carbocycles. The zero-order valence-corrected chi connectivity index (χ0v) is 11.5. The summed E-state index contributed by atoms with van der Waals surface area (Å²) < 4.78 is 5.30. The molecule has 0 aliphatic heterocycles. The van der Waals surface area contributed by atoms with Crippen LogP contribution in [0, 0.1) is 0 Å². The highest BCUT2D eigenvalue weighted by Crippen LogP contribution is 2.29. The van der Waals surface area contributed by atoms with Crippen LogP contribution in [0.25, 0.3) is 0 Å². The van der Waals surface area contributed by atoms with E-state index in [1.807, 2.05) is 24.3 Å². The Bertz CT molecular complexity index is 531. The number of aromatic nitrogens is 1. The van der Waals surface area contributed by atoms with Crippen molar-refractivity contribution in [2.75, 3.05) is 12.8 Å². The number of ether oxygens (including phenoxy) is 1. The molecular weight excluding hydrogens is 268 g/mol. The number of halogens is 1. The number of nitrogen functional groups attached to an aromatic ring is 1. The third kappa shape index (κ3) is 3.31. The number of anilines is 1. The van der Waals surface area contributed by atoms with Crippen molar-refractivity contribution in [2.24, 2.45) is 0 Å². The van der Waals surface area contributed by atoms with Crippen molar-refractivity contribution >= 4 is 29.2 Å². The van der Waals surface area contributed by atoms with Gasteiger partial charge in [-0.2, -0.15) is 0 Å². The molecule has 5 heteroatoms. The van der Waals surface area contributed by atoms with Crippen LogP contribution in [0.2, 0.25) is 5.02 Å². The summed E-state index contributed by atoms with van der Waals surface area (Å²) in [6.45, 7) is 0. The number of rotatable bonds is 4. The molecule has 3 nitrogen and oxygen atoms in total. The van der Waals surface area contributed by atoms with Gasteiger partial charge in [0.15, 0.2) is 0 Å². The molecule has 18 heavy (non-hydrogen) atoms. The van der Waals surface area contributed by atoms with Crippen molar-refractivity contribution in [2.45, 2.75) is 10.6 Å². The fourth-order valence-electron chi connectivity index (χ4n) is 1.50. The van der Waals surface area contributed by atoms with Crippen LogP contribution in [0.1, 0.15) is 5.56 Å². The third-order valence-corrected chi connectivity index (χ3v) is 3.66. The van der Waals surface area contributed by atoms with Gasteiger partial charge in [0.1, 0.15) is 11.6 Å². The molecule has 0 radical (unpaired) electrons. The maximum atomic E-state index is 5.98. The lowest BCUT2D eigenvalue weighted by molar-refractivity contribution is 0.411. The Kier molecular flexibility index (Phi) is 4.33. The smallest absolute Gasteiger partial charge is 0.123 e. The van der Waals surface area contributed by atoms with Crippen molar-refractivity contribution in [1.29, 1.82) is 0 Å². The molecule has 0 fully saturated rings. The van der Waals surface area contributed by atoms with Gasteiger partial charge in [0.2, 0.25) is 0 Å². The number of nitrogens with two attached hydrogens (primary N) is 1. The third-order valence-electron chi connectivity index (χ3n) is 2.40. The Balaban J connectivity index is 2.09. The molecule has 0 unspecified atom stereocenters. The lowest BCUT2D eigenvalue weighted by Gasteiger charge is -2.08. The molecule has 0 saturated carbocycles. The van der Waals surface area contributed by atoms with Gasteiger partial charge in [0, 0.05) is 27.4 Å². The molecule has 2 N–H and O–H groups in total. The Hall–Kier alpha value is -1.39. The van der Waals surface area contributed by atoms with Crippen molar-refractivity contribution in [3.63, 3.8) is 0 Å². The van der Waals surface area contributed by atoms with Crippen LogP contribution in [0.15, 0.2) is 41.4 Å². The van der Waals surface area contributed by atoms with Gasteiger partial charge in [-0.1, -0.05) is 11.6 Å². The van der Waals surface area contributed by atoms with Gasteiger partial charge in [-0.15, -0.1) is 11.8 Å². The average molecular weight is 281 g/mol. The normalized spacial score (nSPS) is 10.3. The van der Waals surface area contributed by atoms with Crippen molar-refractivity contribution in [1.82, 2.24) is 4.98 Å². The van der Waals surface area contributed by atoms with Crippen LogP contribution < -0.4 is 10.5 Å². The molecule has 0 spiro atoms. The van der Waals surface area contributed by atoms with Crippen LogP contribution in [0.5, 0.6) is 5.75 Å². The lowest BCUT2D eigenvalue weighted by Crippen LogP contribution is -1.91. The average Bonchev–Trinajstić information content (AvgIpc) is 2.38. The van der Waals surface area contributed by atoms with Crippen molar-refractivity contribution in [3.05, 3.63) is 47.1 Å². The van der Waals surface area contributed by atoms with E-state index in [0.717, 1.165) is 22.0 Å². The second-order valence-corrected chi connectivity index (χ2v) is 5.15. The number of nitrogens with zero attached hydrogens (tertiary/aromatic N) is 1. The van der Waals surface area contributed by atoms with Crippen LogP contribution in [-0.4, -0.2) is 12.1 Å².